The number of nitrogens with zero attached hydrogens (tertiary/aromatic N) is 1. The molecule has 1 saturated heterocycles. The molecule has 3 rings (SSSR count). The molecule has 0 radical (unpaired) electrons. The summed E-state index contributed by atoms with van der Waals surface area (Å²) in [6.07, 6.45) is 5.44. The third kappa shape index (κ3) is 6.56. The lowest BCUT2D eigenvalue weighted by molar-refractivity contribution is -0.129. The fraction of sp³-hybridized carbons (Fsp3) is 0.417. The number of amides is 2. The maximum Gasteiger partial charge on any atom is 0.261 e. The lowest BCUT2D eigenvalue weighted by atomic mass is 10.1. The molecular formula is C24H31N3O4S. The molecular weight excluding hydrogens is 426 g/mol. The third-order valence-corrected chi connectivity index (χ3v) is 6.89. The highest BCUT2D eigenvalue weighted by Gasteiger charge is 2.19. The van der Waals surface area contributed by atoms with Crippen LogP contribution in [0.5, 0.6) is 0 Å². The Bertz CT molecular complexity index is 1030. The first-order valence-corrected chi connectivity index (χ1v) is 12.6. The van der Waals surface area contributed by atoms with E-state index in [1.54, 1.807) is 23.1 Å². The second-order valence-electron chi connectivity index (χ2n) is 8.03. The molecule has 2 N–H and O–H groups in total. The van der Waals surface area contributed by atoms with Crippen molar-refractivity contribution in [3.63, 3.8) is 0 Å². The molecule has 1 fully saturated rings. The normalized spacial score (nSPS) is 13.7. The molecule has 0 atom stereocenters. The van der Waals surface area contributed by atoms with Gasteiger partial charge in [0.2, 0.25) is 5.91 Å². The number of nitrogens with one attached hydrogen (secondary N) is 2. The van der Waals surface area contributed by atoms with Crippen molar-refractivity contribution < 1.29 is 18.0 Å². The number of rotatable bonds is 10. The third-order valence-electron chi connectivity index (χ3n) is 5.51. The average Bonchev–Trinajstić information content (AvgIpc) is 3.33. The number of hydrogen-bond acceptors (Lipinski definition) is 4. The number of carbonyl (C=O) groups is 2. The minimum Gasteiger partial charge on any atom is -0.352 e. The summed E-state index contributed by atoms with van der Waals surface area (Å²) < 4.78 is 28.1. The Morgan fingerprint density at radius 2 is 1.75 bits per heavy atom. The highest BCUT2D eigenvalue weighted by molar-refractivity contribution is 7.92. The number of likely N-dealkylation sites (tertiary alicyclic amines) is 1. The predicted octanol–water partition coefficient (Wildman–Crippen LogP) is 3.57. The van der Waals surface area contributed by atoms with Crippen molar-refractivity contribution in [3.05, 3.63) is 59.7 Å². The first-order chi connectivity index (χ1) is 15.4. The molecule has 2 amide bonds. The van der Waals surface area contributed by atoms with E-state index in [2.05, 4.69) is 17.0 Å². The number of unbranched alkanes of at least 4 members (excludes halogenated alkanes) is 1. The fourth-order valence-corrected chi connectivity index (χ4v) is 4.75. The van der Waals surface area contributed by atoms with Crippen LogP contribution in [0.4, 0.5) is 5.69 Å². The van der Waals surface area contributed by atoms with Gasteiger partial charge in [0.25, 0.3) is 15.9 Å². The Labute approximate surface area is 190 Å². The Hall–Kier alpha value is -2.87. The Morgan fingerprint density at radius 1 is 1.03 bits per heavy atom. The summed E-state index contributed by atoms with van der Waals surface area (Å²) in [7, 11) is -3.83. The van der Waals surface area contributed by atoms with E-state index in [4.69, 9.17) is 0 Å². The van der Waals surface area contributed by atoms with Gasteiger partial charge in [0, 0.05) is 37.3 Å². The van der Waals surface area contributed by atoms with E-state index in [0.717, 1.165) is 50.8 Å². The molecule has 0 unspecified atom stereocenters. The lowest BCUT2D eigenvalue weighted by Gasteiger charge is -2.15. The van der Waals surface area contributed by atoms with Crippen molar-refractivity contribution in [3.8, 4) is 0 Å². The average molecular weight is 458 g/mol. The van der Waals surface area contributed by atoms with Gasteiger partial charge in [-0.05, 0) is 61.6 Å². The molecule has 2 aromatic carbocycles. The van der Waals surface area contributed by atoms with E-state index in [0.29, 0.717) is 5.69 Å². The maximum absolute atomic E-state index is 12.8. The molecule has 0 aliphatic carbocycles. The smallest absolute Gasteiger partial charge is 0.261 e. The fourth-order valence-electron chi connectivity index (χ4n) is 3.65. The van der Waals surface area contributed by atoms with E-state index in [-0.39, 0.29) is 29.3 Å². The predicted molar refractivity (Wildman–Crippen MR) is 125 cm³/mol. The second kappa shape index (κ2) is 11.1. The van der Waals surface area contributed by atoms with Crippen LogP contribution >= 0.6 is 0 Å². The van der Waals surface area contributed by atoms with Crippen LogP contribution in [0.3, 0.4) is 0 Å². The number of aryl methyl sites for hydroxylation is 1. The van der Waals surface area contributed by atoms with Gasteiger partial charge in [-0.1, -0.05) is 31.5 Å². The molecule has 1 heterocycles. The first kappa shape index (κ1) is 23.8. The zero-order chi connectivity index (χ0) is 23.0. The van der Waals surface area contributed by atoms with Crippen molar-refractivity contribution in [1.82, 2.24) is 10.2 Å². The van der Waals surface area contributed by atoms with Gasteiger partial charge in [-0.2, -0.15) is 0 Å². The van der Waals surface area contributed by atoms with E-state index < -0.39 is 15.9 Å². The highest BCUT2D eigenvalue weighted by atomic mass is 32.2. The van der Waals surface area contributed by atoms with E-state index in [9.17, 15) is 18.0 Å². The number of benzene rings is 2. The number of anilines is 1. The van der Waals surface area contributed by atoms with E-state index in [1.165, 1.54) is 18.2 Å². The van der Waals surface area contributed by atoms with Gasteiger partial charge in [-0.25, -0.2) is 8.42 Å². The van der Waals surface area contributed by atoms with Crippen LogP contribution in [0, 0.1) is 0 Å². The molecule has 2 aromatic rings. The molecule has 0 saturated carbocycles. The molecule has 1 aliphatic rings. The number of carbonyl (C=O) groups excluding carboxylic acids is 2. The van der Waals surface area contributed by atoms with Crippen molar-refractivity contribution in [2.24, 2.45) is 0 Å². The van der Waals surface area contributed by atoms with Crippen LogP contribution in [-0.2, 0) is 21.2 Å². The van der Waals surface area contributed by atoms with Gasteiger partial charge >= 0.3 is 0 Å². The quantitative estimate of drug-likeness (QED) is 0.570. The van der Waals surface area contributed by atoms with E-state index in [1.807, 2.05) is 12.1 Å². The first-order valence-electron chi connectivity index (χ1n) is 11.2. The Morgan fingerprint density at radius 3 is 2.44 bits per heavy atom. The second-order valence-corrected chi connectivity index (χ2v) is 9.71. The van der Waals surface area contributed by atoms with Crippen molar-refractivity contribution in [1.29, 1.82) is 0 Å². The SMILES string of the molecule is CCCCc1ccc(NS(=O)(=O)c2cccc(C(=O)NCCC(=O)N3CCCC3)c2)cc1. The molecule has 32 heavy (non-hydrogen) atoms. The molecule has 1 aliphatic heterocycles. The largest absolute Gasteiger partial charge is 0.352 e. The van der Waals surface area contributed by atoms with Gasteiger partial charge < -0.3 is 10.2 Å². The van der Waals surface area contributed by atoms with Crippen molar-refractivity contribution in [2.75, 3.05) is 24.4 Å². The van der Waals surface area contributed by atoms with Crippen LogP contribution < -0.4 is 10.0 Å². The molecule has 0 bridgehead atoms. The van der Waals surface area contributed by atoms with Crippen LogP contribution in [0.1, 0.15) is 54.9 Å². The van der Waals surface area contributed by atoms with Crippen molar-refractivity contribution >= 4 is 27.5 Å². The molecule has 7 nitrogen and oxygen atoms in total. The molecule has 8 heteroatoms. The summed E-state index contributed by atoms with van der Waals surface area (Å²) in [5, 5.41) is 2.70. The standard InChI is InChI=1S/C24H31N3O4S/c1-2-3-7-19-10-12-21(13-11-19)26-32(30,31)22-9-6-8-20(18-22)24(29)25-15-14-23(28)27-16-4-5-17-27/h6,8-13,18,26H,2-5,7,14-17H2,1H3,(H,25,29). The lowest BCUT2D eigenvalue weighted by Crippen LogP contribution is -2.32. The van der Waals surface area contributed by atoms with Gasteiger partial charge in [-0.15, -0.1) is 0 Å². The van der Waals surface area contributed by atoms with Gasteiger partial charge in [0.05, 0.1) is 4.90 Å². The van der Waals surface area contributed by atoms with Crippen LogP contribution in [0.15, 0.2) is 53.4 Å². The molecule has 0 aromatic heterocycles. The van der Waals surface area contributed by atoms with Crippen LogP contribution in [0.2, 0.25) is 0 Å². The minimum absolute atomic E-state index is 0.00773. The van der Waals surface area contributed by atoms with Crippen LogP contribution in [0.25, 0.3) is 0 Å². The summed E-state index contributed by atoms with van der Waals surface area (Å²) in [5.74, 6) is -0.374. The Kier molecular flexibility index (Phi) is 8.27. The van der Waals surface area contributed by atoms with Gasteiger partial charge in [0.1, 0.15) is 0 Å². The summed E-state index contributed by atoms with van der Waals surface area (Å²) in [4.78, 5) is 26.4. The minimum atomic E-state index is -3.83. The van der Waals surface area contributed by atoms with Crippen LogP contribution in [-0.4, -0.2) is 44.8 Å². The summed E-state index contributed by atoms with van der Waals surface area (Å²) in [6, 6.07) is 13.2. The van der Waals surface area contributed by atoms with Gasteiger partial charge in [-0.3, -0.25) is 14.3 Å². The molecule has 172 valence electrons. The molecule has 0 spiro atoms. The summed E-state index contributed by atoms with van der Waals surface area (Å²) >= 11 is 0. The monoisotopic (exact) mass is 457 g/mol. The summed E-state index contributed by atoms with van der Waals surface area (Å²) in [6.45, 7) is 3.90. The zero-order valence-corrected chi connectivity index (χ0v) is 19.3. The van der Waals surface area contributed by atoms with Gasteiger partial charge in [0.15, 0.2) is 0 Å². The number of sulfonamides is 1. The van der Waals surface area contributed by atoms with E-state index >= 15 is 0 Å². The Balaban J connectivity index is 1.58. The topological polar surface area (TPSA) is 95.6 Å². The van der Waals surface area contributed by atoms with Crippen molar-refractivity contribution in [2.45, 2.75) is 50.3 Å². The maximum atomic E-state index is 12.8. The summed E-state index contributed by atoms with van der Waals surface area (Å²) in [5.41, 5.74) is 1.87. The highest BCUT2D eigenvalue weighted by Crippen LogP contribution is 2.18. The number of hydrogen-bond donors (Lipinski definition) is 2. The zero-order valence-electron chi connectivity index (χ0n) is 18.5.